The number of primary amides is 1. The van der Waals surface area contributed by atoms with E-state index in [1.807, 2.05) is 46.7 Å². The lowest BCUT2D eigenvalue weighted by atomic mass is 9.86. The third-order valence-corrected chi connectivity index (χ3v) is 8.27. The molecule has 0 aliphatic carbocycles. The summed E-state index contributed by atoms with van der Waals surface area (Å²) in [6, 6.07) is 14.6. The molecular weight excluding hydrogens is 619 g/mol. The Morgan fingerprint density at radius 3 is 2.36 bits per heavy atom. The van der Waals surface area contributed by atoms with Crippen molar-refractivity contribution in [2.24, 2.45) is 5.73 Å². The van der Waals surface area contributed by atoms with Crippen LogP contribution >= 0.6 is 23.2 Å². The van der Waals surface area contributed by atoms with Crippen molar-refractivity contribution in [1.29, 1.82) is 0 Å². The topological polar surface area (TPSA) is 157 Å². The Labute approximate surface area is 270 Å². The van der Waals surface area contributed by atoms with Gasteiger partial charge in [-0.1, -0.05) is 42.3 Å². The molecule has 2 aromatic carbocycles. The Bertz CT molecular complexity index is 1720. The fourth-order valence-electron chi connectivity index (χ4n) is 5.48. The van der Waals surface area contributed by atoms with Crippen LogP contribution in [0, 0.1) is 0 Å². The number of esters is 1. The number of amides is 2. The maximum Gasteiger partial charge on any atom is 0.315 e. The first-order chi connectivity index (χ1) is 21.7. The number of fused-ring (bicyclic) bond motifs is 1. The summed E-state index contributed by atoms with van der Waals surface area (Å²) in [5, 5.41) is 7.06. The fraction of sp³-hybridized carbons (Fsp3) is 0.355. The second-order valence-corrected chi connectivity index (χ2v) is 11.4. The first-order valence-corrected chi connectivity index (χ1v) is 15.4. The van der Waals surface area contributed by atoms with Gasteiger partial charge in [-0.2, -0.15) is 0 Å². The number of piperidine rings is 1. The highest BCUT2D eigenvalue weighted by molar-refractivity contribution is 6.33. The molecule has 4 N–H and O–H groups in total. The van der Waals surface area contributed by atoms with Gasteiger partial charge in [0, 0.05) is 29.4 Å². The molecule has 4 aromatic rings. The number of nitrogens with zero attached hydrogens (tertiary/aromatic N) is 5. The maximum absolute atomic E-state index is 12.5. The van der Waals surface area contributed by atoms with Crippen LogP contribution in [0.3, 0.4) is 0 Å². The zero-order valence-electron chi connectivity index (χ0n) is 25.0. The predicted molar refractivity (Wildman–Crippen MR) is 172 cm³/mol. The zero-order chi connectivity index (χ0) is 32.1. The van der Waals surface area contributed by atoms with E-state index in [-0.39, 0.29) is 13.2 Å². The molecule has 236 valence electrons. The van der Waals surface area contributed by atoms with Gasteiger partial charge in [-0.15, -0.1) is 0 Å². The van der Waals surface area contributed by atoms with E-state index in [1.54, 1.807) is 25.1 Å². The molecule has 0 unspecified atom stereocenters. The number of likely N-dealkylation sites (N-methyl/N-ethyl adjacent to an activating group) is 1. The molecule has 0 saturated carbocycles. The number of halogens is 2. The highest BCUT2D eigenvalue weighted by atomic mass is 35.5. The lowest BCUT2D eigenvalue weighted by molar-refractivity contribution is -0.146. The van der Waals surface area contributed by atoms with Gasteiger partial charge in [0.25, 0.3) is 0 Å². The Balaban J connectivity index is 1.64. The second-order valence-electron chi connectivity index (χ2n) is 10.6. The van der Waals surface area contributed by atoms with Crippen molar-refractivity contribution in [3.63, 3.8) is 0 Å². The van der Waals surface area contributed by atoms with Crippen molar-refractivity contribution in [3.8, 4) is 17.1 Å². The SMILES string of the molecule is CCNC1(C(N)=O)CCN(c2nc(CNC(=O)CC(=O)OCC)nc3c2nc(-c2ccccc2Cl)n3-c2ccc(Cl)cc2)CC1. The van der Waals surface area contributed by atoms with E-state index in [2.05, 4.69) is 10.6 Å². The van der Waals surface area contributed by atoms with E-state index in [0.717, 1.165) is 5.69 Å². The van der Waals surface area contributed by atoms with E-state index in [9.17, 15) is 14.4 Å². The fourth-order valence-corrected chi connectivity index (χ4v) is 5.82. The van der Waals surface area contributed by atoms with Crippen LogP contribution in [0.2, 0.25) is 10.0 Å². The summed E-state index contributed by atoms with van der Waals surface area (Å²) in [6.07, 6.45) is 0.499. The number of nitrogens with two attached hydrogens (primary N) is 1. The summed E-state index contributed by atoms with van der Waals surface area (Å²) in [7, 11) is 0. The summed E-state index contributed by atoms with van der Waals surface area (Å²) >= 11 is 12.9. The van der Waals surface area contributed by atoms with Crippen LogP contribution in [0.5, 0.6) is 0 Å². The standard InChI is InChI=1S/C31H34Cl2N8O4/c1-3-36-31(30(34)44)13-15-40(16-14-31)28-26-29(38-23(37-28)18-35-24(42)17-25(43)45-4-2)41(20-11-9-19(32)10-12-20)27(39-26)21-7-5-6-8-22(21)33/h5-12,36H,3-4,13-18H2,1-2H3,(H2,34,44)(H,35,42). The number of hydrogen-bond donors (Lipinski definition) is 3. The first kappa shape index (κ1) is 32.1. The zero-order valence-corrected chi connectivity index (χ0v) is 26.5. The Morgan fingerprint density at radius 2 is 1.71 bits per heavy atom. The number of ether oxygens (including phenoxy) is 1. The number of hydrogen-bond acceptors (Lipinski definition) is 9. The quantitative estimate of drug-likeness (QED) is 0.162. The maximum atomic E-state index is 12.5. The van der Waals surface area contributed by atoms with Crippen LogP contribution in [0.4, 0.5) is 5.82 Å². The molecule has 0 bridgehead atoms. The Morgan fingerprint density at radius 1 is 1.00 bits per heavy atom. The molecule has 5 rings (SSSR count). The highest BCUT2D eigenvalue weighted by Crippen LogP contribution is 2.36. The molecule has 0 radical (unpaired) electrons. The molecule has 45 heavy (non-hydrogen) atoms. The highest BCUT2D eigenvalue weighted by Gasteiger charge is 2.40. The van der Waals surface area contributed by atoms with Gasteiger partial charge >= 0.3 is 5.97 Å². The van der Waals surface area contributed by atoms with Gasteiger partial charge in [0.1, 0.15) is 17.8 Å². The molecule has 2 aromatic heterocycles. The van der Waals surface area contributed by atoms with Gasteiger partial charge in [0.2, 0.25) is 11.8 Å². The Kier molecular flexibility index (Phi) is 9.86. The summed E-state index contributed by atoms with van der Waals surface area (Å²) < 4.78 is 6.76. The number of benzene rings is 2. The molecular formula is C31H34Cl2N8O4. The molecule has 0 atom stereocenters. The molecule has 1 aliphatic rings. The summed E-state index contributed by atoms with van der Waals surface area (Å²) in [6.45, 7) is 5.27. The van der Waals surface area contributed by atoms with E-state index >= 15 is 0 Å². The number of carbonyl (C=O) groups is 3. The molecule has 12 nitrogen and oxygen atoms in total. The van der Waals surface area contributed by atoms with Gasteiger partial charge in [-0.25, -0.2) is 15.0 Å². The van der Waals surface area contributed by atoms with Gasteiger partial charge in [-0.05, 0) is 62.7 Å². The molecule has 0 spiro atoms. The van der Waals surface area contributed by atoms with Crippen molar-refractivity contribution in [1.82, 2.24) is 30.2 Å². The van der Waals surface area contributed by atoms with Crippen molar-refractivity contribution in [2.45, 2.75) is 45.2 Å². The normalized spacial score (nSPS) is 14.4. The van der Waals surface area contributed by atoms with Gasteiger partial charge in [0.05, 0.1) is 18.2 Å². The molecule has 1 aliphatic heterocycles. The predicted octanol–water partition coefficient (Wildman–Crippen LogP) is 3.79. The number of carbonyl (C=O) groups excluding carboxylic acids is 3. The largest absolute Gasteiger partial charge is 0.466 e. The minimum atomic E-state index is -0.827. The summed E-state index contributed by atoms with van der Waals surface area (Å²) in [4.78, 5) is 53.6. The van der Waals surface area contributed by atoms with Crippen molar-refractivity contribution in [2.75, 3.05) is 31.1 Å². The van der Waals surface area contributed by atoms with Crippen LogP contribution in [0.1, 0.15) is 38.9 Å². The average molecular weight is 654 g/mol. The third-order valence-electron chi connectivity index (χ3n) is 7.69. The lowest BCUT2D eigenvalue weighted by Crippen LogP contribution is -2.61. The molecule has 2 amide bonds. The van der Waals surface area contributed by atoms with E-state index < -0.39 is 29.7 Å². The molecule has 1 saturated heterocycles. The van der Waals surface area contributed by atoms with Gasteiger partial charge in [-0.3, -0.25) is 19.0 Å². The summed E-state index contributed by atoms with van der Waals surface area (Å²) in [5.74, 6) is -0.164. The lowest BCUT2D eigenvalue weighted by Gasteiger charge is -2.40. The van der Waals surface area contributed by atoms with Crippen LogP contribution < -0.4 is 21.3 Å². The second kappa shape index (κ2) is 13.8. The monoisotopic (exact) mass is 652 g/mol. The first-order valence-electron chi connectivity index (χ1n) is 14.7. The van der Waals surface area contributed by atoms with Crippen LogP contribution in [0.15, 0.2) is 48.5 Å². The number of rotatable bonds is 11. The van der Waals surface area contributed by atoms with Crippen molar-refractivity contribution in [3.05, 3.63) is 64.4 Å². The molecule has 14 heteroatoms. The number of aromatic nitrogens is 4. The molecule has 3 heterocycles. The number of imidazole rings is 1. The number of nitrogens with one attached hydrogen (secondary N) is 2. The van der Waals surface area contributed by atoms with Crippen LogP contribution in [-0.2, 0) is 25.7 Å². The minimum absolute atomic E-state index is 0.0507. The van der Waals surface area contributed by atoms with E-state index in [4.69, 9.17) is 48.6 Å². The molecule has 1 fully saturated rings. The summed E-state index contributed by atoms with van der Waals surface area (Å²) in [5.41, 5.74) is 7.40. The van der Waals surface area contributed by atoms with Gasteiger partial charge < -0.3 is 26.0 Å². The number of anilines is 1. The van der Waals surface area contributed by atoms with Gasteiger partial charge in [0.15, 0.2) is 22.8 Å². The smallest absolute Gasteiger partial charge is 0.315 e. The third kappa shape index (κ3) is 6.87. The van der Waals surface area contributed by atoms with Crippen molar-refractivity contribution >= 4 is 58.0 Å². The van der Waals surface area contributed by atoms with E-state index in [0.29, 0.717) is 76.7 Å². The van der Waals surface area contributed by atoms with Crippen LogP contribution in [0.25, 0.3) is 28.2 Å². The van der Waals surface area contributed by atoms with Crippen molar-refractivity contribution < 1.29 is 19.1 Å². The minimum Gasteiger partial charge on any atom is -0.466 e. The van der Waals surface area contributed by atoms with Crippen LogP contribution in [-0.4, -0.2) is 69.1 Å². The Hall–Kier alpha value is -4.26. The van der Waals surface area contributed by atoms with E-state index in [1.165, 1.54) is 0 Å². The average Bonchev–Trinajstić information content (AvgIpc) is 3.40.